The molecular weight excluding hydrogens is 142 g/mol. The Balaban J connectivity index is 4.34. The molecule has 0 aromatic heterocycles. The number of carbonyl (C=O) groups is 1. The first-order chi connectivity index (χ1) is 5.13. The van der Waals surface area contributed by atoms with Crippen molar-refractivity contribution in [2.45, 2.75) is 27.2 Å². The minimum atomic E-state index is 0.0573. The normalized spacial score (nSPS) is 11.9. The van der Waals surface area contributed by atoms with Gasteiger partial charge in [0.05, 0.1) is 0 Å². The molecule has 3 nitrogen and oxygen atoms in total. The van der Waals surface area contributed by atoms with Crippen molar-refractivity contribution in [3.63, 3.8) is 0 Å². The van der Waals surface area contributed by atoms with Crippen molar-refractivity contribution in [3.8, 4) is 0 Å². The van der Waals surface area contributed by atoms with Gasteiger partial charge in [-0.25, -0.2) is 0 Å². The second kappa shape index (κ2) is 4.88. The monoisotopic (exact) mass is 157 g/mol. The van der Waals surface area contributed by atoms with Crippen LogP contribution >= 0.6 is 0 Å². The van der Waals surface area contributed by atoms with Crippen molar-refractivity contribution in [2.75, 3.05) is 7.11 Å². The van der Waals surface area contributed by atoms with Gasteiger partial charge < -0.3 is 4.84 Å². The van der Waals surface area contributed by atoms with Gasteiger partial charge in [-0.05, 0) is 0 Å². The summed E-state index contributed by atoms with van der Waals surface area (Å²) >= 11 is 0. The van der Waals surface area contributed by atoms with E-state index in [1.165, 1.54) is 7.11 Å². The molecule has 0 aromatic rings. The molecule has 0 heterocycles. The Labute approximate surface area is 67.4 Å². The van der Waals surface area contributed by atoms with Gasteiger partial charge in [-0.3, -0.25) is 4.79 Å². The van der Waals surface area contributed by atoms with Crippen molar-refractivity contribution in [3.05, 3.63) is 0 Å². The highest BCUT2D eigenvalue weighted by atomic mass is 16.6. The van der Waals surface area contributed by atoms with E-state index in [9.17, 15) is 4.79 Å². The van der Waals surface area contributed by atoms with Gasteiger partial charge in [0.1, 0.15) is 12.8 Å². The van der Waals surface area contributed by atoms with E-state index >= 15 is 0 Å². The molecule has 0 N–H and O–H groups in total. The van der Waals surface area contributed by atoms with Crippen molar-refractivity contribution in [1.29, 1.82) is 0 Å². The summed E-state index contributed by atoms with van der Waals surface area (Å²) in [4.78, 5) is 15.7. The Morgan fingerprint density at radius 3 is 2.36 bits per heavy atom. The zero-order valence-electron chi connectivity index (χ0n) is 7.55. The first-order valence-electron chi connectivity index (χ1n) is 3.77. The van der Waals surface area contributed by atoms with Gasteiger partial charge in [-0.2, -0.15) is 0 Å². The van der Waals surface area contributed by atoms with Gasteiger partial charge in [-0.15, -0.1) is 0 Å². The summed E-state index contributed by atoms with van der Waals surface area (Å²) in [7, 11) is 1.45. The fourth-order valence-corrected chi connectivity index (χ4v) is 0.758. The van der Waals surface area contributed by atoms with Crippen LogP contribution in [-0.2, 0) is 9.63 Å². The quantitative estimate of drug-likeness (QED) is 0.459. The van der Waals surface area contributed by atoms with Gasteiger partial charge in [0, 0.05) is 12.3 Å². The molecule has 0 radical (unpaired) electrons. The van der Waals surface area contributed by atoms with E-state index in [2.05, 4.69) is 9.99 Å². The number of hydrogen-bond acceptors (Lipinski definition) is 3. The van der Waals surface area contributed by atoms with Gasteiger partial charge in [0.2, 0.25) is 0 Å². The maximum absolute atomic E-state index is 11.1. The first-order valence-corrected chi connectivity index (χ1v) is 3.77. The lowest BCUT2D eigenvalue weighted by molar-refractivity contribution is -0.113. The molecule has 0 unspecified atom stereocenters. The molecule has 0 saturated carbocycles. The number of nitrogens with zero attached hydrogens (tertiary/aromatic N) is 1. The van der Waals surface area contributed by atoms with E-state index in [1.807, 2.05) is 20.8 Å². The van der Waals surface area contributed by atoms with Gasteiger partial charge in [0.25, 0.3) is 0 Å². The third kappa shape index (κ3) is 3.16. The molecule has 0 amide bonds. The zero-order chi connectivity index (χ0) is 8.85. The molecule has 0 bridgehead atoms. The summed E-state index contributed by atoms with van der Waals surface area (Å²) in [5, 5.41) is 3.66. The highest BCUT2D eigenvalue weighted by molar-refractivity contribution is 6.40. The van der Waals surface area contributed by atoms with Gasteiger partial charge >= 0.3 is 0 Å². The topological polar surface area (TPSA) is 38.7 Å². The van der Waals surface area contributed by atoms with Crippen LogP contribution in [-0.4, -0.2) is 18.6 Å². The SMILES string of the molecule is CCC(=O)/C(=N/OC)C(C)C. The predicted octanol–water partition coefficient (Wildman–Crippen LogP) is 1.62. The highest BCUT2D eigenvalue weighted by Crippen LogP contribution is 2.01. The number of oxime groups is 1. The lowest BCUT2D eigenvalue weighted by Crippen LogP contribution is -2.19. The van der Waals surface area contributed by atoms with Crippen molar-refractivity contribution in [1.82, 2.24) is 0 Å². The lowest BCUT2D eigenvalue weighted by atomic mass is 10.0. The minimum Gasteiger partial charge on any atom is -0.399 e. The summed E-state index contributed by atoms with van der Waals surface area (Å²) < 4.78 is 0. The summed E-state index contributed by atoms with van der Waals surface area (Å²) in [6.07, 6.45) is 0.486. The lowest BCUT2D eigenvalue weighted by Gasteiger charge is -2.05. The smallest absolute Gasteiger partial charge is 0.180 e. The zero-order valence-corrected chi connectivity index (χ0v) is 7.55. The van der Waals surface area contributed by atoms with E-state index in [-0.39, 0.29) is 11.7 Å². The Hall–Kier alpha value is -0.860. The van der Waals surface area contributed by atoms with E-state index in [4.69, 9.17) is 0 Å². The number of rotatable bonds is 4. The van der Waals surface area contributed by atoms with Crippen LogP contribution in [0, 0.1) is 5.92 Å². The van der Waals surface area contributed by atoms with Gasteiger partial charge in [-0.1, -0.05) is 25.9 Å². The number of hydrogen-bond donors (Lipinski definition) is 0. The number of ketones is 1. The predicted molar refractivity (Wildman–Crippen MR) is 44.6 cm³/mol. The summed E-state index contributed by atoms with van der Waals surface area (Å²) in [5.41, 5.74) is 0.523. The minimum absolute atomic E-state index is 0.0573. The van der Waals surface area contributed by atoms with Crippen LogP contribution in [0.4, 0.5) is 0 Å². The standard InChI is InChI=1S/C8H15NO2/c1-5-7(10)8(6(2)3)9-11-4/h6H,5H2,1-4H3/b9-8+. The largest absolute Gasteiger partial charge is 0.399 e. The number of Topliss-reactive ketones (excluding diaryl/α,β-unsaturated/α-hetero) is 1. The van der Waals surface area contributed by atoms with Crippen LogP contribution in [0.25, 0.3) is 0 Å². The van der Waals surface area contributed by atoms with E-state index in [1.54, 1.807) is 0 Å². The Morgan fingerprint density at radius 2 is 2.09 bits per heavy atom. The van der Waals surface area contributed by atoms with E-state index < -0.39 is 0 Å². The van der Waals surface area contributed by atoms with Gasteiger partial charge in [0.15, 0.2) is 5.78 Å². The third-order valence-corrected chi connectivity index (χ3v) is 1.34. The fraction of sp³-hybridized carbons (Fsp3) is 0.750. The molecule has 0 rings (SSSR count). The fourth-order valence-electron chi connectivity index (χ4n) is 0.758. The first kappa shape index (κ1) is 10.1. The van der Waals surface area contributed by atoms with Crippen LogP contribution in [0.2, 0.25) is 0 Å². The summed E-state index contributed by atoms with van der Waals surface area (Å²) in [5.74, 6) is 0.198. The van der Waals surface area contributed by atoms with E-state index in [0.717, 1.165) is 0 Å². The molecule has 3 heteroatoms. The van der Waals surface area contributed by atoms with Crippen molar-refractivity contribution < 1.29 is 9.63 Å². The van der Waals surface area contributed by atoms with E-state index in [0.29, 0.717) is 12.1 Å². The average molecular weight is 157 g/mol. The molecule has 0 aliphatic heterocycles. The molecule has 0 aliphatic rings. The molecule has 0 fully saturated rings. The maximum atomic E-state index is 11.1. The molecule has 64 valence electrons. The molecule has 0 aromatic carbocycles. The van der Waals surface area contributed by atoms with Crippen molar-refractivity contribution >= 4 is 11.5 Å². The number of carbonyl (C=O) groups excluding carboxylic acids is 1. The Morgan fingerprint density at radius 1 is 1.55 bits per heavy atom. The molecule has 0 atom stereocenters. The molecule has 0 aliphatic carbocycles. The molecular formula is C8H15NO2. The maximum Gasteiger partial charge on any atom is 0.180 e. The summed E-state index contributed by atoms with van der Waals surface area (Å²) in [6.45, 7) is 5.66. The molecule has 0 saturated heterocycles. The summed E-state index contributed by atoms with van der Waals surface area (Å²) in [6, 6.07) is 0. The van der Waals surface area contributed by atoms with Crippen molar-refractivity contribution in [2.24, 2.45) is 11.1 Å². The molecule has 11 heavy (non-hydrogen) atoms. The van der Waals surface area contributed by atoms with Crippen LogP contribution in [0.1, 0.15) is 27.2 Å². The Bertz CT molecular complexity index is 161. The second-order valence-corrected chi connectivity index (χ2v) is 2.59. The Kier molecular flexibility index (Phi) is 4.50. The highest BCUT2D eigenvalue weighted by Gasteiger charge is 2.13. The van der Waals surface area contributed by atoms with Crippen LogP contribution in [0.15, 0.2) is 5.16 Å². The molecule has 0 spiro atoms. The van der Waals surface area contributed by atoms with Crippen LogP contribution in [0.5, 0.6) is 0 Å². The van der Waals surface area contributed by atoms with Crippen LogP contribution in [0.3, 0.4) is 0 Å². The second-order valence-electron chi connectivity index (χ2n) is 2.59. The average Bonchev–Trinajstić information content (AvgIpc) is 1.98. The third-order valence-electron chi connectivity index (χ3n) is 1.34. The van der Waals surface area contributed by atoms with Crippen LogP contribution < -0.4 is 0 Å².